The number of nitriles is 1. The summed E-state index contributed by atoms with van der Waals surface area (Å²) >= 11 is 0. The van der Waals surface area contributed by atoms with Gasteiger partial charge in [-0.25, -0.2) is 4.39 Å². The molecule has 0 aliphatic heterocycles. The normalized spacial score (nSPS) is 26.1. The lowest BCUT2D eigenvalue weighted by Crippen LogP contribution is -2.42. The lowest BCUT2D eigenvalue weighted by atomic mass is 9.87. The Morgan fingerprint density at radius 2 is 2.26 bits per heavy atom. The van der Waals surface area contributed by atoms with Crippen LogP contribution in [0.15, 0.2) is 24.3 Å². The van der Waals surface area contributed by atoms with Crippen molar-refractivity contribution >= 4 is 5.69 Å². The van der Waals surface area contributed by atoms with Crippen LogP contribution >= 0.6 is 0 Å². The van der Waals surface area contributed by atoms with E-state index in [1.807, 2.05) is 18.0 Å². The third kappa shape index (κ3) is 2.87. The number of para-hydroxylation sites is 1. The quantitative estimate of drug-likeness (QED) is 0.906. The fourth-order valence-corrected chi connectivity index (χ4v) is 2.88. The van der Waals surface area contributed by atoms with Crippen LogP contribution in [0.25, 0.3) is 0 Å². The number of rotatable bonds is 4. The fraction of sp³-hybridized carbons (Fsp3) is 0.533. The van der Waals surface area contributed by atoms with Crippen LogP contribution in [0.5, 0.6) is 0 Å². The van der Waals surface area contributed by atoms with Gasteiger partial charge in [0.2, 0.25) is 0 Å². The molecule has 1 aliphatic rings. The highest BCUT2D eigenvalue weighted by Crippen LogP contribution is 2.35. The first-order chi connectivity index (χ1) is 9.07. The average molecular weight is 261 g/mol. The molecule has 2 N–H and O–H groups in total. The first-order valence-corrected chi connectivity index (χ1v) is 6.72. The smallest absolute Gasteiger partial charge is 0.146 e. The van der Waals surface area contributed by atoms with Gasteiger partial charge in [-0.3, -0.25) is 0 Å². The van der Waals surface area contributed by atoms with Crippen LogP contribution in [0.2, 0.25) is 0 Å². The Morgan fingerprint density at radius 3 is 2.95 bits per heavy atom. The predicted octanol–water partition coefficient (Wildman–Crippen LogP) is 2.67. The summed E-state index contributed by atoms with van der Waals surface area (Å²) in [7, 11) is 1.87. The average Bonchev–Trinajstić information content (AvgIpc) is 2.78. The van der Waals surface area contributed by atoms with Crippen molar-refractivity contribution in [3.05, 3.63) is 30.1 Å². The maximum atomic E-state index is 13.6. The summed E-state index contributed by atoms with van der Waals surface area (Å²) in [5.41, 5.74) is 6.02. The topological polar surface area (TPSA) is 53.0 Å². The Labute approximate surface area is 113 Å². The standard InChI is InChI=1S/C15H20FN3/c1-19(14-7-3-2-6-13(14)16)10-8-12-5-4-9-15(12,18)11-17/h2-3,6-7,12H,4-5,8-10,18H2,1H3. The van der Waals surface area contributed by atoms with Gasteiger partial charge in [-0.05, 0) is 37.3 Å². The number of benzene rings is 1. The SMILES string of the molecule is CN(CCC1CCCC1(N)C#N)c1ccccc1F. The minimum absolute atomic E-state index is 0.212. The molecule has 0 bridgehead atoms. The van der Waals surface area contributed by atoms with Crippen LogP contribution in [-0.2, 0) is 0 Å². The van der Waals surface area contributed by atoms with E-state index in [-0.39, 0.29) is 11.7 Å². The fourth-order valence-electron chi connectivity index (χ4n) is 2.88. The van der Waals surface area contributed by atoms with E-state index in [4.69, 9.17) is 5.73 Å². The molecule has 1 fully saturated rings. The Bertz CT molecular complexity index is 483. The molecule has 0 radical (unpaired) electrons. The number of nitrogens with zero attached hydrogens (tertiary/aromatic N) is 2. The Morgan fingerprint density at radius 1 is 1.53 bits per heavy atom. The number of anilines is 1. The van der Waals surface area contributed by atoms with Crippen LogP contribution in [0.1, 0.15) is 25.7 Å². The van der Waals surface area contributed by atoms with Crippen molar-refractivity contribution in [2.24, 2.45) is 11.7 Å². The van der Waals surface area contributed by atoms with Gasteiger partial charge in [0.15, 0.2) is 0 Å². The van der Waals surface area contributed by atoms with Crippen molar-refractivity contribution in [3.8, 4) is 6.07 Å². The number of halogens is 1. The summed E-state index contributed by atoms with van der Waals surface area (Å²) in [6, 6.07) is 8.99. The number of nitrogens with two attached hydrogens (primary N) is 1. The molecule has 2 atom stereocenters. The zero-order valence-electron chi connectivity index (χ0n) is 11.3. The van der Waals surface area contributed by atoms with E-state index in [1.54, 1.807) is 12.1 Å². The summed E-state index contributed by atoms with van der Waals surface area (Å²) in [5, 5.41) is 9.17. The summed E-state index contributed by atoms with van der Waals surface area (Å²) < 4.78 is 13.6. The Hall–Kier alpha value is -1.60. The summed E-state index contributed by atoms with van der Waals surface area (Å²) in [4.78, 5) is 1.89. The summed E-state index contributed by atoms with van der Waals surface area (Å²) in [6.07, 6.45) is 3.61. The lowest BCUT2D eigenvalue weighted by Gasteiger charge is -2.27. The van der Waals surface area contributed by atoms with Gasteiger partial charge in [-0.1, -0.05) is 18.6 Å². The van der Waals surface area contributed by atoms with Crippen LogP contribution in [-0.4, -0.2) is 19.1 Å². The second kappa shape index (κ2) is 5.58. The molecule has 19 heavy (non-hydrogen) atoms. The third-order valence-corrected chi connectivity index (χ3v) is 4.16. The summed E-state index contributed by atoms with van der Waals surface area (Å²) in [5.74, 6) is 0.00226. The van der Waals surface area contributed by atoms with E-state index in [9.17, 15) is 9.65 Å². The molecular weight excluding hydrogens is 241 g/mol. The van der Waals surface area contributed by atoms with Gasteiger partial charge >= 0.3 is 0 Å². The maximum Gasteiger partial charge on any atom is 0.146 e. The molecule has 102 valence electrons. The monoisotopic (exact) mass is 261 g/mol. The molecule has 0 saturated heterocycles. The van der Waals surface area contributed by atoms with Crippen molar-refractivity contribution in [3.63, 3.8) is 0 Å². The highest BCUT2D eigenvalue weighted by atomic mass is 19.1. The van der Waals surface area contributed by atoms with E-state index in [2.05, 4.69) is 6.07 Å². The highest BCUT2D eigenvalue weighted by Gasteiger charge is 2.39. The van der Waals surface area contributed by atoms with Crippen molar-refractivity contribution in [2.75, 3.05) is 18.5 Å². The molecular formula is C15H20FN3. The van der Waals surface area contributed by atoms with Crippen molar-refractivity contribution in [1.29, 1.82) is 5.26 Å². The molecule has 4 heteroatoms. The van der Waals surface area contributed by atoms with Crippen LogP contribution in [0.3, 0.4) is 0 Å². The highest BCUT2D eigenvalue weighted by molar-refractivity contribution is 5.46. The van der Waals surface area contributed by atoms with E-state index in [0.717, 1.165) is 25.7 Å². The maximum absolute atomic E-state index is 13.6. The number of hydrogen-bond donors (Lipinski definition) is 1. The second-order valence-corrected chi connectivity index (χ2v) is 5.40. The molecule has 0 aromatic heterocycles. The van der Waals surface area contributed by atoms with E-state index >= 15 is 0 Å². The number of hydrogen-bond acceptors (Lipinski definition) is 3. The van der Waals surface area contributed by atoms with Gasteiger partial charge in [-0.2, -0.15) is 5.26 Å². The van der Waals surface area contributed by atoms with E-state index in [0.29, 0.717) is 12.2 Å². The Balaban J connectivity index is 1.96. The lowest BCUT2D eigenvalue weighted by molar-refractivity contribution is 0.375. The van der Waals surface area contributed by atoms with Gasteiger partial charge < -0.3 is 10.6 Å². The van der Waals surface area contributed by atoms with Crippen molar-refractivity contribution in [1.82, 2.24) is 0 Å². The second-order valence-electron chi connectivity index (χ2n) is 5.40. The molecule has 3 nitrogen and oxygen atoms in total. The third-order valence-electron chi connectivity index (χ3n) is 4.16. The van der Waals surface area contributed by atoms with Crippen molar-refractivity contribution < 1.29 is 4.39 Å². The molecule has 0 spiro atoms. The van der Waals surface area contributed by atoms with Gasteiger partial charge in [0, 0.05) is 13.6 Å². The van der Waals surface area contributed by atoms with Gasteiger partial charge in [0.05, 0.1) is 11.8 Å². The van der Waals surface area contributed by atoms with Gasteiger partial charge in [0.1, 0.15) is 11.4 Å². The van der Waals surface area contributed by atoms with Gasteiger partial charge in [-0.15, -0.1) is 0 Å². The molecule has 1 aromatic rings. The first-order valence-electron chi connectivity index (χ1n) is 6.72. The molecule has 2 rings (SSSR count). The zero-order valence-corrected chi connectivity index (χ0v) is 11.3. The predicted molar refractivity (Wildman–Crippen MR) is 74.2 cm³/mol. The molecule has 1 aliphatic carbocycles. The van der Waals surface area contributed by atoms with Crippen LogP contribution in [0.4, 0.5) is 10.1 Å². The molecule has 0 amide bonds. The van der Waals surface area contributed by atoms with E-state index < -0.39 is 5.54 Å². The zero-order chi connectivity index (χ0) is 13.9. The molecule has 1 saturated carbocycles. The van der Waals surface area contributed by atoms with Crippen molar-refractivity contribution in [2.45, 2.75) is 31.2 Å². The minimum Gasteiger partial charge on any atom is -0.372 e. The largest absolute Gasteiger partial charge is 0.372 e. The first kappa shape index (κ1) is 13.8. The van der Waals surface area contributed by atoms with Crippen LogP contribution in [0, 0.1) is 23.1 Å². The van der Waals surface area contributed by atoms with E-state index in [1.165, 1.54) is 6.07 Å². The molecule has 0 heterocycles. The van der Waals surface area contributed by atoms with Crippen LogP contribution < -0.4 is 10.6 Å². The minimum atomic E-state index is -0.684. The Kier molecular flexibility index (Phi) is 4.06. The van der Waals surface area contributed by atoms with Gasteiger partial charge in [0.25, 0.3) is 0 Å². The molecule has 1 aromatic carbocycles. The summed E-state index contributed by atoms with van der Waals surface area (Å²) in [6.45, 7) is 0.715. The molecule has 2 unspecified atom stereocenters.